The predicted octanol–water partition coefficient (Wildman–Crippen LogP) is 0.854. The lowest BCUT2D eigenvalue weighted by Gasteiger charge is -2.01. The predicted molar refractivity (Wildman–Crippen MR) is 52.8 cm³/mol. The zero-order chi connectivity index (χ0) is 9.64. The number of anilines is 1. The maximum absolute atomic E-state index is 4.12. The first-order chi connectivity index (χ1) is 6.95. The number of imidazole rings is 1. The van der Waals surface area contributed by atoms with Crippen LogP contribution in [0.4, 0.5) is 5.82 Å². The first-order valence-corrected chi connectivity index (χ1v) is 4.45. The molecule has 5 heteroatoms. The summed E-state index contributed by atoms with van der Waals surface area (Å²) in [5.74, 6) is 1.76. The van der Waals surface area contributed by atoms with Crippen molar-refractivity contribution < 1.29 is 0 Å². The van der Waals surface area contributed by atoms with Crippen molar-refractivity contribution in [2.45, 2.75) is 6.42 Å². The molecule has 2 N–H and O–H groups in total. The number of aromatic amines is 1. The molecule has 0 radical (unpaired) electrons. The molecule has 0 fully saturated rings. The monoisotopic (exact) mass is 189 g/mol. The largest absolute Gasteiger partial charge is 0.368 e. The Morgan fingerprint density at radius 2 is 2.36 bits per heavy atom. The van der Waals surface area contributed by atoms with Crippen LogP contribution in [0.15, 0.2) is 30.7 Å². The highest BCUT2D eigenvalue weighted by Crippen LogP contribution is 1.98. The van der Waals surface area contributed by atoms with Gasteiger partial charge >= 0.3 is 0 Å². The molecule has 0 amide bonds. The molecule has 72 valence electrons. The van der Waals surface area contributed by atoms with Gasteiger partial charge in [0.1, 0.15) is 11.6 Å². The Labute approximate surface area is 81.6 Å². The Hall–Kier alpha value is -1.91. The molecule has 0 saturated carbocycles. The van der Waals surface area contributed by atoms with Crippen LogP contribution < -0.4 is 5.32 Å². The van der Waals surface area contributed by atoms with Crippen molar-refractivity contribution in [1.29, 1.82) is 0 Å². The van der Waals surface area contributed by atoms with Gasteiger partial charge in [-0.05, 0) is 12.1 Å². The third-order valence-electron chi connectivity index (χ3n) is 1.80. The topological polar surface area (TPSA) is 66.5 Å². The van der Waals surface area contributed by atoms with E-state index in [1.54, 1.807) is 12.4 Å². The van der Waals surface area contributed by atoms with E-state index in [0.717, 1.165) is 24.6 Å². The van der Waals surface area contributed by atoms with Gasteiger partial charge in [-0.15, -0.1) is 5.10 Å². The van der Waals surface area contributed by atoms with Crippen LogP contribution in [-0.4, -0.2) is 26.7 Å². The van der Waals surface area contributed by atoms with Crippen molar-refractivity contribution in [3.8, 4) is 0 Å². The second kappa shape index (κ2) is 4.36. The highest BCUT2D eigenvalue weighted by Gasteiger charge is 1.95. The van der Waals surface area contributed by atoms with Crippen LogP contribution in [0.2, 0.25) is 0 Å². The van der Waals surface area contributed by atoms with E-state index in [-0.39, 0.29) is 0 Å². The van der Waals surface area contributed by atoms with E-state index in [4.69, 9.17) is 0 Å². The van der Waals surface area contributed by atoms with Crippen molar-refractivity contribution in [3.05, 3.63) is 36.5 Å². The fourth-order valence-corrected chi connectivity index (χ4v) is 1.14. The van der Waals surface area contributed by atoms with Gasteiger partial charge in [-0.25, -0.2) is 4.98 Å². The Morgan fingerprint density at radius 1 is 1.36 bits per heavy atom. The van der Waals surface area contributed by atoms with Crippen LogP contribution in [0.3, 0.4) is 0 Å². The lowest BCUT2D eigenvalue weighted by atomic mass is 10.4. The molecule has 5 nitrogen and oxygen atoms in total. The van der Waals surface area contributed by atoms with Gasteiger partial charge in [0.2, 0.25) is 0 Å². The summed E-state index contributed by atoms with van der Waals surface area (Å²) in [4.78, 5) is 7.15. The molecule has 0 aliphatic rings. The van der Waals surface area contributed by atoms with Crippen LogP contribution in [0.5, 0.6) is 0 Å². The van der Waals surface area contributed by atoms with Gasteiger partial charge in [0.05, 0.1) is 0 Å². The van der Waals surface area contributed by atoms with Gasteiger partial charge in [0.15, 0.2) is 0 Å². The molecule has 0 aromatic carbocycles. The van der Waals surface area contributed by atoms with E-state index in [2.05, 4.69) is 25.5 Å². The molecule has 14 heavy (non-hydrogen) atoms. The van der Waals surface area contributed by atoms with Crippen LogP contribution in [0.1, 0.15) is 5.82 Å². The molecule has 0 atom stereocenters. The van der Waals surface area contributed by atoms with Gasteiger partial charge in [-0.1, -0.05) is 0 Å². The summed E-state index contributed by atoms with van der Waals surface area (Å²) in [5, 5.41) is 10.8. The number of rotatable bonds is 4. The number of aromatic nitrogens is 4. The summed E-state index contributed by atoms with van der Waals surface area (Å²) in [5.41, 5.74) is 0. The van der Waals surface area contributed by atoms with Crippen molar-refractivity contribution >= 4 is 5.82 Å². The number of hydrogen-bond acceptors (Lipinski definition) is 4. The van der Waals surface area contributed by atoms with Gasteiger partial charge in [-0.2, -0.15) is 5.10 Å². The summed E-state index contributed by atoms with van der Waals surface area (Å²) in [6.45, 7) is 0.798. The van der Waals surface area contributed by atoms with Crippen molar-refractivity contribution in [3.63, 3.8) is 0 Å². The molecule has 0 spiro atoms. The smallest absolute Gasteiger partial charge is 0.148 e. The van der Waals surface area contributed by atoms with Crippen LogP contribution in [-0.2, 0) is 6.42 Å². The minimum absolute atomic E-state index is 0.791. The molecule has 2 rings (SSSR count). The van der Waals surface area contributed by atoms with E-state index in [9.17, 15) is 0 Å². The van der Waals surface area contributed by atoms with E-state index in [0.29, 0.717) is 0 Å². The summed E-state index contributed by atoms with van der Waals surface area (Å²) in [6, 6.07) is 3.73. The molecule has 0 aliphatic heterocycles. The number of hydrogen-bond donors (Lipinski definition) is 2. The quantitative estimate of drug-likeness (QED) is 0.748. The summed E-state index contributed by atoms with van der Waals surface area (Å²) >= 11 is 0. The minimum Gasteiger partial charge on any atom is -0.368 e. The molecule has 0 saturated heterocycles. The molecule has 2 aromatic heterocycles. The second-order valence-corrected chi connectivity index (χ2v) is 2.82. The summed E-state index contributed by atoms with van der Waals surface area (Å²) in [7, 11) is 0. The average Bonchev–Trinajstić information content (AvgIpc) is 2.72. The van der Waals surface area contributed by atoms with E-state index >= 15 is 0 Å². The SMILES string of the molecule is c1cnnc(NCCc2ncc[nH]2)c1. The van der Waals surface area contributed by atoms with E-state index in [1.165, 1.54) is 0 Å². The zero-order valence-corrected chi connectivity index (χ0v) is 7.64. The Balaban J connectivity index is 1.79. The molecular weight excluding hydrogens is 178 g/mol. The molecular formula is C9H11N5. The Bertz CT molecular complexity index is 356. The average molecular weight is 189 g/mol. The maximum Gasteiger partial charge on any atom is 0.148 e. The summed E-state index contributed by atoms with van der Waals surface area (Å²) < 4.78 is 0. The van der Waals surface area contributed by atoms with Crippen LogP contribution in [0.25, 0.3) is 0 Å². The van der Waals surface area contributed by atoms with Crippen molar-refractivity contribution in [2.24, 2.45) is 0 Å². The van der Waals surface area contributed by atoms with Crippen molar-refractivity contribution in [1.82, 2.24) is 20.2 Å². The van der Waals surface area contributed by atoms with E-state index in [1.807, 2.05) is 18.3 Å². The molecule has 0 aliphatic carbocycles. The first kappa shape index (κ1) is 8.68. The number of nitrogens with one attached hydrogen (secondary N) is 2. The standard InChI is InChI=1S/C9H11N5/c1-2-9(14-13-4-1)10-5-3-8-11-6-7-12-8/h1-2,4,6-7H,3,5H2,(H,10,14)(H,11,12). The first-order valence-electron chi connectivity index (χ1n) is 4.45. The highest BCUT2D eigenvalue weighted by molar-refractivity contribution is 5.31. The lowest BCUT2D eigenvalue weighted by molar-refractivity contribution is 0.910. The fourth-order valence-electron chi connectivity index (χ4n) is 1.14. The van der Waals surface area contributed by atoms with Crippen molar-refractivity contribution in [2.75, 3.05) is 11.9 Å². The molecule has 2 aromatic rings. The fraction of sp³-hybridized carbons (Fsp3) is 0.222. The van der Waals surface area contributed by atoms with E-state index < -0.39 is 0 Å². The molecule has 2 heterocycles. The van der Waals surface area contributed by atoms with Gasteiger partial charge < -0.3 is 10.3 Å². The second-order valence-electron chi connectivity index (χ2n) is 2.82. The highest BCUT2D eigenvalue weighted by atomic mass is 15.2. The van der Waals surface area contributed by atoms with Crippen LogP contribution >= 0.6 is 0 Å². The molecule has 0 unspecified atom stereocenters. The van der Waals surface area contributed by atoms with Gasteiger partial charge in [0, 0.05) is 31.6 Å². The van der Waals surface area contributed by atoms with Gasteiger partial charge in [0.25, 0.3) is 0 Å². The van der Waals surface area contributed by atoms with Gasteiger partial charge in [-0.3, -0.25) is 0 Å². The summed E-state index contributed by atoms with van der Waals surface area (Å²) in [6.07, 6.45) is 6.07. The Morgan fingerprint density at radius 3 is 3.07 bits per heavy atom. The zero-order valence-electron chi connectivity index (χ0n) is 7.64. The molecule has 0 bridgehead atoms. The lowest BCUT2D eigenvalue weighted by Crippen LogP contribution is -2.07. The normalized spacial score (nSPS) is 10.0. The Kier molecular flexibility index (Phi) is 2.70. The van der Waals surface area contributed by atoms with Crippen LogP contribution in [0, 0.1) is 0 Å². The maximum atomic E-state index is 4.12. The third kappa shape index (κ3) is 2.29. The number of H-pyrrole nitrogens is 1. The number of nitrogens with zero attached hydrogens (tertiary/aromatic N) is 3. The minimum atomic E-state index is 0.791. The third-order valence-corrected chi connectivity index (χ3v) is 1.80.